The van der Waals surface area contributed by atoms with Crippen LogP contribution in [-0.2, 0) is 10.0 Å². The van der Waals surface area contributed by atoms with Gasteiger partial charge in [0.15, 0.2) is 5.03 Å². The molecule has 6 nitrogen and oxygen atoms in total. The Labute approximate surface area is 102 Å². The molecule has 0 bridgehead atoms. The van der Waals surface area contributed by atoms with Crippen LogP contribution in [-0.4, -0.2) is 47.1 Å². The van der Waals surface area contributed by atoms with E-state index in [0.29, 0.717) is 0 Å². The minimum absolute atomic E-state index is 0.00866. The average molecular weight is 261 g/mol. The largest absolute Gasteiger partial charge is 0.392 e. The van der Waals surface area contributed by atoms with Gasteiger partial charge in [-0.3, -0.25) is 0 Å². The van der Waals surface area contributed by atoms with E-state index in [9.17, 15) is 13.5 Å². The molecule has 0 radical (unpaired) electrons. The minimum atomic E-state index is -3.61. The average Bonchev–Trinajstić information content (AvgIpc) is 2.65. The lowest BCUT2D eigenvalue weighted by Gasteiger charge is -2.16. The number of hydrogen-bond donors (Lipinski definition) is 1. The molecule has 0 unspecified atom stereocenters. The van der Waals surface area contributed by atoms with Gasteiger partial charge in [-0.1, -0.05) is 0 Å². The second kappa shape index (κ2) is 5.16. The van der Waals surface area contributed by atoms with Gasteiger partial charge in [-0.2, -0.15) is 4.31 Å². The zero-order chi connectivity index (χ0) is 13.2. The third-order valence-corrected chi connectivity index (χ3v) is 4.08. The van der Waals surface area contributed by atoms with Crippen molar-refractivity contribution in [3.63, 3.8) is 0 Å². The number of likely N-dealkylation sites (N-methyl/N-ethyl adjacent to an activating group) is 1. The van der Waals surface area contributed by atoms with Crippen LogP contribution in [0.5, 0.6) is 0 Å². The van der Waals surface area contributed by atoms with Crippen LogP contribution in [0.2, 0.25) is 0 Å². The molecule has 17 heavy (non-hydrogen) atoms. The van der Waals surface area contributed by atoms with Crippen LogP contribution < -0.4 is 0 Å². The maximum Gasteiger partial charge on any atom is 0.261 e. The smallest absolute Gasteiger partial charge is 0.261 e. The van der Waals surface area contributed by atoms with Crippen LogP contribution >= 0.6 is 0 Å². The third-order valence-electron chi connectivity index (χ3n) is 2.37. The molecule has 0 amide bonds. The highest BCUT2D eigenvalue weighted by atomic mass is 32.2. The lowest BCUT2D eigenvalue weighted by molar-refractivity contribution is 0.171. The van der Waals surface area contributed by atoms with Gasteiger partial charge < -0.3 is 9.67 Å². The van der Waals surface area contributed by atoms with E-state index in [1.165, 1.54) is 19.6 Å². The zero-order valence-corrected chi connectivity index (χ0v) is 11.3. The summed E-state index contributed by atoms with van der Waals surface area (Å²) in [6.07, 6.45) is 2.29. The highest BCUT2D eigenvalue weighted by Crippen LogP contribution is 2.14. The van der Waals surface area contributed by atoms with Crippen LogP contribution in [0, 0.1) is 0 Å². The number of imidazole rings is 1. The number of aliphatic hydroxyl groups excluding tert-OH is 1. The van der Waals surface area contributed by atoms with E-state index in [0.717, 1.165) is 4.31 Å². The fourth-order valence-electron chi connectivity index (χ4n) is 1.36. The first-order valence-corrected chi connectivity index (χ1v) is 6.87. The van der Waals surface area contributed by atoms with Crippen molar-refractivity contribution in [1.82, 2.24) is 13.9 Å². The molecule has 1 aromatic rings. The molecule has 1 aromatic heterocycles. The molecule has 0 aliphatic carbocycles. The molecular weight excluding hydrogens is 242 g/mol. The summed E-state index contributed by atoms with van der Waals surface area (Å²) in [7, 11) is -2.18. The molecule has 0 fully saturated rings. The number of aliphatic hydroxyl groups is 1. The summed E-state index contributed by atoms with van der Waals surface area (Å²) in [6.45, 7) is 5.48. The molecular formula is C10H19N3O3S. The molecule has 7 heteroatoms. The summed E-state index contributed by atoms with van der Waals surface area (Å²) >= 11 is 0. The van der Waals surface area contributed by atoms with Gasteiger partial charge in [0.1, 0.15) is 0 Å². The fourth-order valence-corrected chi connectivity index (χ4v) is 2.53. The van der Waals surface area contributed by atoms with Gasteiger partial charge in [-0.25, -0.2) is 13.4 Å². The second-order valence-corrected chi connectivity index (χ2v) is 6.38. The van der Waals surface area contributed by atoms with Gasteiger partial charge in [0.25, 0.3) is 10.0 Å². The van der Waals surface area contributed by atoms with Crippen molar-refractivity contribution in [3.05, 3.63) is 12.5 Å². The monoisotopic (exact) mass is 261 g/mol. The van der Waals surface area contributed by atoms with E-state index in [1.54, 1.807) is 11.5 Å². The van der Waals surface area contributed by atoms with Gasteiger partial charge in [0.2, 0.25) is 0 Å². The topological polar surface area (TPSA) is 75.4 Å². The van der Waals surface area contributed by atoms with Gasteiger partial charge in [0.05, 0.1) is 12.4 Å². The maximum absolute atomic E-state index is 12.0. The summed E-state index contributed by atoms with van der Waals surface area (Å²) < 4.78 is 26.9. The molecule has 0 saturated heterocycles. The van der Waals surface area contributed by atoms with Crippen molar-refractivity contribution in [2.24, 2.45) is 0 Å². The molecule has 0 aliphatic heterocycles. The van der Waals surface area contributed by atoms with Crippen molar-refractivity contribution in [3.8, 4) is 0 Å². The van der Waals surface area contributed by atoms with Gasteiger partial charge in [-0.05, 0) is 20.8 Å². The summed E-state index contributed by atoms with van der Waals surface area (Å²) in [5.41, 5.74) is 0. The Bertz CT molecular complexity index is 465. The van der Waals surface area contributed by atoms with Crippen molar-refractivity contribution in [1.29, 1.82) is 0 Å². The van der Waals surface area contributed by atoms with E-state index in [4.69, 9.17) is 0 Å². The molecule has 0 saturated carbocycles. The van der Waals surface area contributed by atoms with E-state index in [2.05, 4.69) is 4.98 Å². The number of rotatable bonds is 5. The molecule has 0 aromatic carbocycles. The molecule has 0 spiro atoms. The lowest BCUT2D eigenvalue weighted by Crippen LogP contribution is -2.33. The highest BCUT2D eigenvalue weighted by Gasteiger charge is 2.24. The van der Waals surface area contributed by atoms with Crippen LogP contribution in [0.3, 0.4) is 0 Å². The van der Waals surface area contributed by atoms with Crippen LogP contribution in [0.4, 0.5) is 0 Å². The highest BCUT2D eigenvalue weighted by molar-refractivity contribution is 7.89. The predicted molar refractivity (Wildman–Crippen MR) is 64.1 cm³/mol. The number of sulfonamides is 1. The summed E-state index contributed by atoms with van der Waals surface area (Å²) in [4.78, 5) is 3.89. The normalized spacial score (nSPS) is 14.5. The van der Waals surface area contributed by atoms with Crippen molar-refractivity contribution in [2.45, 2.75) is 37.9 Å². The Hall–Kier alpha value is -0.920. The number of aromatic nitrogens is 2. The van der Waals surface area contributed by atoms with Gasteiger partial charge >= 0.3 is 0 Å². The van der Waals surface area contributed by atoms with E-state index in [1.807, 2.05) is 13.8 Å². The Morgan fingerprint density at radius 1 is 1.47 bits per heavy atom. The van der Waals surface area contributed by atoms with Crippen molar-refractivity contribution >= 4 is 10.0 Å². The molecule has 1 N–H and O–H groups in total. The van der Waals surface area contributed by atoms with Crippen LogP contribution in [0.25, 0.3) is 0 Å². The maximum atomic E-state index is 12.0. The van der Waals surface area contributed by atoms with Crippen molar-refractivity contribution < 1.29 is 13.5 Å². The molecule has 1 heterocycles. The lowest BCUT2D eigenvalue weighted by atomic mass is 10.4. The van der Waals surface area contributed by atoms with Crippen LogP contribution in [0.15, 0.2) is 17.6 Å². The fraction of sp³-hybridized carbons (Fsp3) is 0.700. The Balaban J connectivity index is 2.96. The second-order valence-electron chi connectivity index (χ2n) is 4.39. The van der Waals surface area contributed by atoms with Gasteiger partial charge in [-0.15, -0.1) is 0 Å². The van der Waals surface area contributed by atoms with E-state index in [-0.39, 0.29) is 17.6 Å². The van der Waals surface area contributed by atoms with Crippen molar-refractivity contribution in [2.75, 3.05) is 13.6 Å². The van der Waals surface area contributed by atoms with E-state index < -0.39 is 16.1 Å². The van der Waals surface area contributed by atoms with Gasteiger partial charge in [0, 0.05) is 25.8 Å². The van der Waals surface area contributed by atoms with Crippen LogP contribution in [0.1, 0.15) is 26.8 Å². The third kappa shape index (κ3) is 3.27. The summed E-state index contributed by atoms with van der Waals surface area (Å²) in [5.74, 6) is 0. The Kier molecular flexibility index (Phi) is 4.29. The first-order chi connectivity index (χ1) is 7.75. The Morgan fingerprint density at radius 3 is 2.47 bits per heavy atom. The predicted octanol–water partition coefficient (Wildman–Crippen LogP) is 0.465. The molecule has 98 valence electrons. The summed E-state index contributed by atoms with van der Waals surface area (Å²) in [5, 5.41) is 9.20. The van der Waals surface area contributed by atoms with E-state index >= 15 is 0 Å². The minimum Gasteiger partial charge on any atom is -0.392 e. The SMILES string of the molecule is CC(C)n1cnc(S(=O)(=O)N(C)C[C@H](C)O)c1. The number of nitrogens with zero attached hydrogens (tertiary/aromatic N) is 3. The quantitative estimate of drug-likeness (QED) is 0.835. The molecule has 1 rings (SSSR count). The standard InChI is InChI=1S/C10H19N3O3S/c1-8(2)13-6-10(11-7-13)17(15,16)12(4)5-9(3)14/h6-9,14H,5H2,1-4H3/t9-/m0/s1. The zero-order valence-electron chi connectivity index (χ0n) is 10.5. The molecule has 1 atom stereocenters. The Morgan fingerprint density at radius 2 is 2.06 bits per heavy atom. The first kappa shape index (κ1) is 14.1. The number of hydrogen-bond acceptors (Lipinski definition) is 4. The summed E-state index contributed by atoms with van der Waals surface area (Å²) in [6, 6.07) is 0.161. The first-order valence-electron chi connectivity index (χ1n) is 5.43. The molecule has 0 aliphatic rings.